The zero-order valence-corrected chi connectivity index (χ0v) is 9.02. The van der Waals surface area contributed by atoms with Crippen LogP contribution >= 0.6 is 11.6 Å². The molecule has 0 spiro atoms. The largest absolute Gasteiger partial charge is 0.493 e. The summed E-state index contributed by atoms with van der Waals surface area (Å²) in [4.78, 5) is 10.9. The average Bonchev–Trinajstić information content (AvgIpc) is 2.16. The van der Waals surface area contributed by atoms with Gasteiger partial charge in [-0.05, 0) is 36.7 Å². The van der Waals surface area contributed by atoms with Crippen LogP contribution in [-0.4, -0.2) is 11.8 Å². The molecule has 0 atom stereocenters. The monoisotopic (exact) mass is 252 g/mol. The number of benzene rings is 1. The molecule has 0 unspecified atom stereocenters. The van der Waals surface area contributed by atoms with E-state index in [1.807, 2.05) is 0 Å². The quantitative estimate of drug-likeness (QED) is 0.770. The van der Waals surface area contributed by atoms with Crippen molar-refractivity contribution in [2.45, 2.75) is 13.1 Å². The van der Waals surface area contributed by atoms with Crippen LogP contribution in [-0.2, 0) is 6.18 Å². The Morgan fingerprint density at radius 2 is 2.06 bits per heavy atom. The first-order valence-electron chi connectivity index (χ1n) is 4.40. The maximum Gasteiger partial charge on any atom is 0.416 e. The summed E-state index contributed by atoms with van der Waals surface area (Å²) in [6.45, 7) is 1.89. The summed E-state index contributed by atoms with van der Waals surface area (Å²) in [6.07, 6.45) is -4.51. The summed E-state index contributed by atoms with van der Waals surface area (Å²) in [5, 5.41) is -0.977. The van der Waals surface area contributed by atoms with Gasteiger partial charge in [0.2, 0.25) is 0 Å². The van der Waals surface area contributed by atoms with Crippen molar-refractivity contribution in [3.05, 3.63) is 29.3 Å². The molecule has 0 saturated carbocycles. The number of carbonyl (C=O) groups excluding carboxylic acids is 1. The van der Waals surface area contributed by atoms with E-state index in [1.54, 1.807) is 6.92 Å². The van der Waals surface area contributed by atoms with E-state index < -0.39 is 17.0 Å². The summed E-state index contributed by atoms with van der Waals surface area (Å²) in [5.41, 5.74) is -1.21. The summed E-state index contributed by atoms with van der Waals surface area (Å²) >= 11 is 5.18. The molecule has 0 bridgehead atoms. The van der Waals surface area contributed by atoms with Gasteiger partial charge in [-0.2, -0.15) is 13.2 Å². The Morgan fingerprint density at radius 3 is 2.50 bits per heavy atom. The fourth-order valence-electron chi connectivity index (χ4n) is 1.14. The topological polar surface area (TPSA) is 26.3 Å². The van der Waals surface area contributed by atoms with Crippen LogP contribution in [0.2, 0.25) is 0 Å². The molecule has 0 fully saturated rings. The fraction of sp³-hybridized carbons (Fsp3) is 0.300. The zero-order valence-electron chi connectivity index (χ0n) is 8.27. The van der Waals surface area contributed by atoms with Crippen LogP contribution in [0, 0.1) is 0 Å². The van der Waals surface area contributed by atoms with Crippen molar-refractivity contribution >= 4 is 16.8 Å². The zero-order chi connectivity index (χ0) is 12.3. The Balaban J connectivity index is 3.23. The van der Waals surface area contributed by atoms with E-state index >= 15 is 0 Å². The third kappa shape index (κ3) is 2.88. The first kappa shape index (κ1) is 12.8. The second kappa shape index (κ2) is 4.74. The second-order valence-corrected chi connectivity index (χ2v) is 3.26. The van der Waals surface area contributed by atoms with Crippen LogP contribution < -0.4 is 4.74 Å². The van der Waals surface area contributed by atoms with Crippen molar-refractivity contribution in [2.75, 3.05) is 6.61 Å². The lowest BCUT2D eigenvalue weighted by Gasteiger charge is -2.11. The highest BCUT2D eigenvalue weighted by Gasteiger charge is 2.31. The Hall–Kier alpha value is -1.23. The van der Waals surface area contributed by atoms with Gasteiger partial charge in [0.1, 0.15) is 5.75 Å². The van der Waals surface area contributed by atoms with Crippen LogP contribution in [0.3, 0.4) is 0 Å². The molecule has 0 aliphatic rings. The minimum absolute atomic E-state index is 0.0514. The van der Waals surface area contributed by atoms with Gasteiger partial charge in [0.15, 0.2) is 0 Å². The molecule has 0 aliphatic carbocycles. The number of rotatable bonds is 3. The van der Waals surface area contributed by atoms with Crippen LogP contribution in [0.1, 0.15) is 22.8 Å². The third-order valence-electron chi connectivity index (χ3n) is 1.82. The predicted octanol–water partition coefficient (Wildman–Crippen LogP) is 3.48. The smallest absolute Gasteiger partial charge is 0.416 e. The number of hydrogen-bond acceptors (Lipinski definition) is 2. The van der Waals surface area contributed by atoms with Gasteiger partial charge in [-0.15, -0.1) is 0 Å². The molecule has 0 radical (unpaired) electrons. The van der Waals surface area contributed by atoms with Crippen molar-refractivity contribution in [1.82, 2.24) is 0 Å². The Bertz CT molecular complexity index is 402. The molecule has 1 rings (SSSR count). The molecule has 88 valence electrons. The Kier molecular flexibility index (Phi) is 3.80. The lowest BCUT2D eigenvalue weighted by atomic mass is 10.1. The van der Waals surface area contributed by atoms with Gasteiger partial charge in [0, 0.05) is 0 Å². The molecule has 0 aliphatic heterocycles. The molecule has 6 heteroatoms. The first-order valence-corrected chi connectivity index (χ1v) is 4.78. The van der Waals surface area contributed by atoms with E-state index in [0.29, 0.717) is 6.07 Å². The molecule has 16 heavy (non-hydrogen) atoms. The van der Waals surface area contributed by atoms with E-state index in [9.17, 15) is 18.0 Å². The maximum atomic E-state index is 12.4. The minimum Gasteiger partial charge on any atom is -0.493 e. The molecular weight excluding hydrogens is 245 g/mol. The molecule has 0 N–H and O–H groups in total. The van der Waals surface area contributed by atoms with Crippen molar-refractivity contribution in [1.29, 1.82) is 0 Å². The standard InChI is InChI=1S/C10H8ClF3O2/c1-2-16-8-4-3-6(10(12,13)14)5-7(8)9(11)15/h3-5H,2H2,1H3. The van der Waals surface area contributed by atoms with Crippen LogP contribution in [0.15, 0.2) is 18.2 Å². The summed E-state index contributed by atoms with van der Waals surface area (Å²) < 4.78 is 42.1. The van der Waals surface area contributed by atoms with Gasteiger partial charge >= 0.3 is 6.18 Å². The molecule has 1 aromatic rings. The van der Waals surface area contributed by atoms with Gasteiger partial charge < -0.3 is 4.74 Å². The highest BCUT2D eigenvalue weighted by atomic mass is 35.5. The van der Waals surface area contributed by atoms with Crippen LogP contribution in [0.25, 0.3) is 0 Å². The first-order chi connectivity index (χ1) is 7.36. The van der Waals surface area contributed by atoms with E-state index in [4.69, 9.17) is 16.3 Å². The summed E-state index contributed by atoms with van der Waals surface area (Å²) in [6, 6.07) is 2.61. The summed E-state index contributed by atoms with van der Waals surface area (Å²) in [7, 11) is 0. The molecule has 2 nitrogen and oxygen atoms in total. The van der Waals surface area contributed by atoms with Gasteiger partial charge in [-0.25, -0.2) is 0 Å². The van der Waals surface area contributed by atoms with Crippen molar-refractivity contribution in [3.63, 3.8) is 0 Å². The predicted molar refractivity (Wildman–Crippen MR) is 52.8 cm³/mol. The van der Waals surface area contributed by atoms with Crippen LogP contribution in [0.5, 0.6) is 5.75 Å². The van der Waals surface area contributed by atoms with Gasteiger partial charge in [0.25, 0.3) is 5.24 Å². The van der Waals surface area contributed by atoms with Crippen molar-refractivity contribution in [2.24, 2.45) is 0 Å². The number of carbonyl (C=O) groups is 1. The second-order valence-electron chi connectivity index (χ2n) is 2.92. The minimum atomic E-state index is -4.51. The van der Waals surface area contributed by atoms with Crippen molar-refractivity contribution < 1.29 is 22.7 Å². The van der Waals surface area contributed by atoms with Gasteiger partial charge in [0.05, 0.1) is 17.7 Å². The van der Waals surface area contributed by atoms with Gasteiger partial charge in [-0.1, -0.05) is 0 Å². The molecule has 0 heterocycles. The van der Waals surface area contributed by atoms with Gasteiger partial charge in [-0.3, -0.25) is 4.79 Å². The molecule has 1 aromatic carbocycles. The number of ether oxygens (including phenoxy) is 1. The average molecular weight is 253 g/mol. The van der Waals surface area contributed by atoms with E-state index in [0.717, 1.165) is 12.1 Å². The Labute approximate surface area is 95.0 Å². The van der Waals surface area contributed by atoms with E-state index in [1.165, 1.54) is 0 Å². The highest BCUT2D eigenvalue weighted by Crippen LogP contribution is 2.33. The van der Waals surface area contributed by atoms with E-state index in [-0.39, 0.29) is 17.9 Å². The molecule has 0 saturated heterocycles. The third-order valence-corrected chi connectivity index (χ3v) is 2.02. The normalized spacial score (nSPS) is 11.3. The highest BCUT2D eigenvalue weighted by molar-refractivity contribution is 6.68. The SMILES string of the molecule is CCOc1ccc(C(F)(F)F)cc1C(=O)Cl. The van der Waals surface area contributed by atoms with Crippen LogP contribution in [0.4, 0.5) is 13.2 Å². The van der Waals surface area contributed by atoms with E-state index in [2.05, 4.69) is 0 Å². The van der Waals surface area contributed by atoms with Crippen molar-refractivity contribution in [3.8, 4) is 5.75 Å². The maximum absolute atomic E-state index is 12.4. The Morgan fingerprint density at radius 1 is 1.44 bits per heavy atom. The lowest BCUT2D eigenvalue weighted by Crippen LogP contribution is -2.07. The summed E-state index contributed by atoms with van der Waals surface area (Å²) in [5.74, 6) is 0.0514. The molecular formula is C10H8ClF3O2. The fourth-order valence-corrected chi connectivity index (χ4v) is 1.29. The number of halogens is 4. The molecule has 0 amide bonds. The lowest BCUT2D eigenvalue weighted by molar-refractivity contribution is -0.137. The molecule has 0 aromatic heterocycles. The number of hydrogen-bond donors (Lipinski definition) is 0. The number of alkyl halides is 3.